The van der Waals surface area contributed by atoms with Crippen molar-refractivity contribution in [2.75, 3.05) is 0 Å². The number of fused-ring (bicyclic) bond motifs is 9. The van der Waals surface area contributed by atoms with Crippen molar-refractivity contribution in [3.8, 4) is 33.8 Å². The highest BCUT2D eigenvalue weighted by atomic mass is 16.3. The summed E-state index contributed by atoms with van der Waals surface area (Å²) in [6, 6.07) is 56.5. The van der Waals surface area contributed by atoms with Gasteiger partial charge in [-0.05, 0) is 120 Å². The second-order valence-electron chi connectivity index (χ2n) is 16.3. The molecule has 0 spiro atoms. The van der Waals surface area contributed by atoms with Crippen molar-refractivity contribution in [3.05, 3.63) is 236 Å². The maximum atomic E-state index is 6.59. The number of hydrogen-bond acceptors (Lipinski definition) is 3. The lowest BCUT2D eigenvalue weighted by Gasteiger charge is -2.10. The van der Waals surface area contributed by atoms with Gasteiger partial charge in [0.1, 0.15) is 23.1 Å². The molecule has 0 atom stereocenters. The zero-order chi connectivity index (χ0) is 44.0. The molecular formula is C60H44N4O. The maximum Gasteiger partial charge on any atom is 0.180 e. The fourth-order valence-electron chi connectivity index (χ4n) is 9.32. The van der Waals surface area contributed by atoms with E-state index in [2.05, 4.69) is 210 Å². The molecule has 0 aliphatic heterocycles. The van der Waals surface area contributed by atoms with Crippen molar-refractivity contribution in [1.29, 1.82) is 0 Å². The minimum atomic E-state index is 0.657. The number of aromatic nitrogens is 4. The number of benzene rings is 7. The van der Waals surface area contributed by atoms with Crippen LogP contribution in [-0.4, -0.2) is 19.1 Å². The highest BCUT2D eigenvalue weighted by Gasteiger charge is 2.19. The number of para-hydroxylation sites is 3. The molecule has 0 fully saturated rings. The van der Waals surface area contributed by atoms with Crippen LogP contribution in [0.2, 0.25) is 0 Å². The van der Waals surface area contributed by atoms with Crippen LogP contribution in [0.25, 0.3) is 105 Å². The van der Waals surface area contributed by atoms with Gasteiger partial charge < -0.3 is 13.6 Å². The maximum absolute atomic E-state index is 6.59. The smallest absolute Gasteiger partial charge is 0.180 e. The van der Waals surface area contributed by atoms with Crippen LogP contribution in [0, 0.1) is 0 Å². The molecule has 0 saturated heterocycles. The summed E-state index contributed by atoms with van der Waals surface area (Å²) in [6.07, 6.45) is 15.6. The molecule has 11 rings (SSSR count). The Labute approximate surface area is 377 Å². The van der Waals surface area contributed by atoms with Gasteiger partial charge in [0.25, 0.3) is 0 Å². The molecule has 310 valence electrons. The lowest BCUT2D eigenvalue weighted by Crippen LogP contribution is -1.94. The fraction of sp³-hybridized carbons (Fsp3) is 0.0333. The number of hydrogen-bond donors (Lipinski definition) is 0. The van der Waals surface area contributed by atoms with Crippen LogP contribution in [0.3, 0.4) is 0 Å². The predicted octanol–water partition coefficient (Wildman–Crippen LogP) is 16.1. The van der Waals surface area contributed by atoms with Gasteiger partial charge in [-0.25, -0.2) is 9.97 Å². The summed E-state index contributed by atoms with van der Waals surface area (Å²) in [5.74, 6) is 0. The molecule has 0 aliphatic carbocycles. The van der Waals surface area contributed by atoms with E-state index in [0.717, 1.165) is 72.4 Å². The summed E-state index contributed by atoms with van der Waals surface area (Å²) >= 11 is 0. The second-order valence-corrected chi connectivity index (χ2v) is 16.3. The van der Waals surface area contributed by atoms with Crippen LogP contribution in [0.15, 0.2) is 235 Å². The summed E-state index contributed by atoms with van der Waals surface area (Å²) in [7, 11) is 0. The van der Waals surface area contributed by atoms with E-state index in [9.17, 15) is 0 Å². The summed E-state index contributed by atoms with van der Waals surface area (Å²) in [6.45, 7) is 12.2. The quantitative estimate of drug-likeness (QED) is 0.129. The molecule has 0 bridgehead atoms. The predicted molar refractivity (Wildman–Crippen MR) is 274 cm³/mol. The lowest BCUT2D eigenvalue weighted by atomic mass is 10.0. The van der Waals surface area contributed by atoms with Gasteiger partial charge in [-0.1, -0.05) is 141 Å². The number of furan rings is 1. The van der Waals surface area contributed by atoms with Crippen LogP contribution in [-0.2, 0) is 0 Å². The zero-order valence-electron chi connectivity index (χ0n) is 36.2. The number of nitrogens with zero attached hydrogens (tertiary/aromatic N) is 4. The molecule has 65 heavy (non-hydrogen) atoms. The van der Waals surface area contributed by atoms with Gasteiger partial charge in [-0.2, -0.15) is 0 Å². The first-order chi connectivity index (χ1) is 32.0. The molecule has 0 amide bonds. The largest absolute Gasteiger partial charge is 0.452 e. The third kappa shape index (κ3) is 6.73. The fourth-order valence-corrected chi connectivity index (χ4v) is 9.32. The molecule has 0 N–H and O–H groups in total. The Morgan fingerprint density at radius 1 is 0.538 bits per heavy atom. The van der Waals surface area contributed by atoms with E-state index < -0.39 is 0 Å². The average Bonchev–Trinajstić information content (AvgIpc) is 4.02. The molecule has 0 radical (unpaired) electrons. The third-order valence-corrected chi connectivity index (χ3v) is 12.6. The summed E-state index contributed by atoms with van der Waals surface area (Å²) < 4.78 is 11.3. The first-order valence-electron chi connectivity index (χ1n) is 21.9. The van der Waals surface area contributed by atoms with Gasteiger partial charge in [-0.3, -0.25) is 0 Å². The molecule has 11 aromatic rings. The average molecular weight is 837 g/mol. The van der Waals surface area contributed by atoms with Gasteiger partial charge in [0, 0.05) is 43.9 Å². The Bertz CT molecular complexity index is 3810. The van der Waals surface area contributed by atoms with E-state index in [0.29, 0.717) is 5.58 Å². The van der Waals surface area contributed by atoms with E-state index in [-0.39, 0.29) is 0 Å². The van der Waals surface area contributed by atoms with E-state index >= 15 is 0 Å². The van der Waals surface area contributed by atoms with Gasteiger partial charge in [0.15, 0.2) is 5.58 Å². The van der Waals surface area contributed by atoms with Crippen molar-refractivity contribution in [3.63, 3.8) is 0 Å². The first kappa shape index (κ1) is 39.3. The SMILES string of the molecule is C=CC(=C\C=C/C)/C(C)=C/C=C(\C=C)c1ccc2c(c1)oc1c(-c3ccc(-n4c5ccccc5c5cc(-c6ccc7c(c6)c6ccccc6n7-c6ccccc6)ccc54)cc3)ncnc12. The summed E-state index contributed by atoms with van der Waals surface area (Å²) in [5.41, 5.74) is 17.3. The van der Waals surface area contributed by atoms with Gasteiger partial charge in [-0.15, -0.1) is 0 Å². The molecule has 0 aliphatic rings. The zero-order valence-corrected chi connectivity index (χ0v) is 36.2. The van der Waals surface area contributed by atoms with Crippen molar-refractivity contribution in [2.24, 2.45) is 0 Å². The highest BCUT2D eigenvalue weighted by Crippen LogP contribution is 2.40. The Morgan fingerprint density at radius 3 is 1.77 bits per heavy atom. The molecule has 4 aromatic heterocycles. The topological polar surface area (TPSA) is 48.8 Å². The van der Waals surface area contributed by atoms with Crippen molar-refractivity contribution < 1.29 is 4.42 Å². The lowest BCUT2D eigenvalue weighted by molar-refractivity contribution is 0.667. The van der Waals surface area contributed by atoms with Gasteiger partial charge in [0.05, 0.1) is 22.1 Å². The second kappa shape index (κ2) is 16.3. The Balaban J connectivity index is 0.945. The van der Waals surface area contributed by atoms with Crippen molar-refractivity contribution in [2.45, 2.75) is 13.8 Å². The van der Waals surface area contributed by atoms with Crippen LogP contribution in [0.1, 0.15) is 19.4 Å². The third-order valence-electron chi connectivity index (χ3n) is 12.6. The van der Waals surface area contributed by atoms with Crippen LogP contribution in [0.4, 0.5) is 0 Å². The standard InChI is InChI=1S/C60H44N4O/c1-5-8-16-40(6-2)39(4)23-24-41(7-3)45-27-32-50-57(37-45)65-60-58(61-38-62-59(50)60)42-25-30-47(31-26-42)64-54-22-15-13-20-49(54)52-36-44(29-34-56(52)64)43-28-33-55-51(35-43)48-19-12-14-21-53(48)63(55)46-17-10-9-11-18-46/h5-38H,2-3H2,1,4H3/b8-5-,39-23+,40-16+,41-24+. The van der Waals surface area contributed by atoms with Crippen molar-refractivity contribution in [1.82, 2.24) is 19.1 Å². The molecule has 5 nitrogen and oxygen atoms in total. The first-order valence-corrected chi connectivity index (χ1v) is 21.9. The van der Waals surface area contributed by atoms with Crippen LogP contribution in [0.5, 0.6) is 0 Å². The minimum Gasteiger partial charge on any atom is -0.452 e. The molecule has 4 heterocycles. The highest BCUT2D eigenvalue weighted by molar-refractivity contribution is 6.13. The molecular weight excluding hydrogens is 793 g/mol. The Morgan fingerprint density at radius 2 is 1.14 bits per heavy atom. The molecule has 0 saturated carbocycles. The number of allylic oxidation sites excluding steroid dienone is 10. The van der Waals surface area contributed by atoms with E-state index in [1.54, 1.807) is 6.33 Å². The van der Waals surface area contributed by atoms with Crippen LogP contribution < -0.4 is 0 Å². The Kier molecular flexibility index (Phi) is 9.86. The molecule has 5 heteroatoms. The normalized spacial score (nSPS) is 12.8. The Hall–Kier alpha value is -8.54. The number of rotatable bonds is 10. The van der Waals surface area contributed by atoms with E-state index in [4.69, 9.17) is 9.40 Å². The van der Waals surface area contributed by atoms with E-state index in [1.807, 2.05) is 31.2 Å². The van der Waals surface area contributed by atoms with Gasteiger partial charge >= 0.3 is 0 Å². The minimum absolute atomic E-state index is 0.657. The summed E-state index contributed by atoms with van der Waals surface area (Å²) in [5, 5.41) is 5.83. The summed E-state index contributed by atoms with van der Waals surface area (Å²) in [4.78, 5) is 9.44. The van der Waals surface area contributed by atoms with Crippen LogP contribution >= 0.6 is 0 Å². The van der Waals surface area contributed by atoms with E-state index in [1.165, 1.54) is 43.7 Å². The molecule has 0 unspecified atom stereocenters. The van der Waals surface area contributed by atoms with Gasteiger partial charge in [0.2, 0.25) is 0 Å². The monoisotopic (exact) mass is 836 g/mol. The van der Waals surface area contributed by atoms with Crippen molar-refractivity contribution >= 4 is 71.3 Å². The molecule has 7 aromatic carbocycles.